The molecule has 198 valence electrons. The predicted molar refractivity (Wildman–Crippen MR) is 127 cm³/mol. The molecule has 1 aliphatic carbocycles. The molecule has 9 heteroatoms. The smallest absolute Gasteiger partial charge is 0.345 e. The largest absolute Gasteiger partial charge is 0.426 e. The lowest BCUT2D eigenvalue weighted by atomic mass is 9.63. The number of hydrogen-bond donors (Lipinski definition) is 0. The lowest BCUT2D eigenvalue weighted by Gasteiger charge is -2.44. The molecule has 2 aromatic rings. The zero-order chi connectivity index (χ0) is 29.3. The first-order valence-electron chi connectivity index (χ1n) is 13.8. The quantitative estimate of drug-likeness (QED) is 0.525. The Hall–Kier alpha value is -2.97. The molecule has 2 amide bonds. The topological polar surface area (TPSA) is 40.6 Å². The molecule has 0 radical (unpaired) electrons. The Balaban J connectivity index is 1.52. The Kier molecular flexibility index (Phi) is 5.25. The van der Waals surface area contributed by atoms with Crippen LogP contribution in [0.15, 0.2) is 42.5 Å². The van der Waals surface area contributed by atoms with Gasteiger partial charge in [0.1, 0.15) is 5.82 Å². The molecular formula is C28H29F5N2O2. The van der Waals surface area contributed by atoms with Gasteiger partial charge in [-0.3, -0.25) is 9.59 Å². The van der Waals surface area contributed by atoms with Gasteiger partial charge < -0.3 is 9.80 Å². The lowest BCUT2D eigenvalue weighted by Crippen LogP contribution is -2.50. The zero-order valence-corrected chi connectivity index (χ0v) is 20.2. The van der Waals surface area contributed by atoms with E-state index in [0.29, 0.717) is 44.7 Å². The highest BCUT2D eigenvalue weighted by molar-refractivity contribution is 5.89. The fraction of sp³-hybridized carbons (Fsp3) is 0.500. The molecule has 4 atom stereocenters. The number of carbonyl (C=O) groups excluding carboxylic acids is 2. The molecule has 2 aliphatic heterocycles. The first-order chi connectivity index (χ1) is 18.5. The number of aryl methyl sites for hydroxylation is 1. The molecule has 3 aliphatic rings. The van der Waals surface area contributed by atoms with Crippen LogP contribution >= 0.6 is 0 Å². The first-order valence-corrected chi connectivity index (χ1v) is 12.3. The van der Waals surface area contributed by atoms with Gasteiger partial charge in [-0.1, -0.05) is 30.3 Å². The van der Waals surface area contributed by atoms with E-state index >= 15 is 0 Å². The Morgan fingerprint density at radius 3 is 2.54 bits per heavy atom. The molecule has 0 aromatic heterocycles. The van der Waals surface area contributed by atoms with Crippen LogP contribution in [0.25, 0.3) is 0 Å². The van der Waals surface area contributed by atoms with Gasteiger partial charge in [-0.05, 0) is 67.0 Å². The molecule has 37 heavy (non-hydrogen) atoms. The first kappa shape index (κ1) is 22.1. The molecule has 2 unspecified atom stereocenters. The minimum atomic E-state index is -5.10. The van der Waals surface area contributed by atoms with Gasteiger partial charge in [-0.2, -0.15) is 13.2 Å². The molecule has 0 N–H and O–H groups in total. The Bertz CT molecular complexity index is 1330. The summed E-state index contributed by atoms with van der Waals surface area (Å²) < 4.78 is 91.7. The normalized spacial score (nSPS) is 28.7. The van der Waals surface area contributed by atoms with E-state index in [0.717, 1.165) is 22.1 Å². The molecule has 0 saturated carbocycles. The number of fused-ring (bicyclic) bond motifs is 3. The summed E-state index contributed by atoms with van der Waals surface area (Å²) in [7, 11) is 0. The summed E-state index contributed by atoms with van der Waals surface area (Å²) in [5, 5.41) is 0. The average molecular weight is 524 g/mol. The van der Waals surface area contributed by atoms with E-state index < -0.39 is 47.4 Å². The van der Waals surface area contributed by atoms with Crippen molar-refractivity contribution in [3.63, 3.8) is 0 Å². The number of likely N-dealkylation sites (tertiary alicyclic amines) is 2. The molecule has 0 bridgehead atoms. The van der Waals surface area contributed by atoms with Crippen LogP contribution in [0.1, 0.15) is 52.6 Å². The van der Waals surface area contributed by atoms with Crippen molar-refractivity contribution in [3.05, 3.63) is 70.5 Å². The molecule has 2 fully saturated rings. The van der Waals surface area contributed by atoms with Crippen molar-refractivity contribution in [3.8, 4) is 0 Å². The molecule has 4 nitrogen and oxygen atoms in total. The van der Waals surface area contributed by atoms with Crippen LogP contribution in [0.2, 0.25) is 0 Å². The molecule has 5 rings (SSSR count). The van der Waals surface area contributed by atoms with Crippen LogP contribution in [0.3, 0.4) is 0 Å². The van der Waals surface area contributed by atoms with Crippen molar-refractivity contribution in [1.29, 1.82) is 0 Å². The highest BCUT2D eigenvalue weighted by atomic mass is 19.4. The minimum Gasteiger partial charge on any atom is -0.345 e. The van der Waals surface area contributed by atoms with Gasteiger partial charge in [0.2, 0.25) is 17.5 Å². The predicted octanol–water partition coefficient (Wildman–Crippen LogP) is 5.08. The monoisotopic (exact) mass is 523 g/mol. The SMILES string of the molecule is [2H]C([2H])([2H])N1CC(C(=O)N2CC[C@@]3(Cc4ccc(F)cc4)c4ccc(C(C)(F)C(F)(F)F)cc4CC[C@@H]23)CC1=O. The third-order valence-corrected chi connectivity index (χ3v) is 8.41. The fourth-order valence-corrected chi connectivity index (χ4v) is 6.36. The van der Waals surface area contributed by atoms with Crippen molar-refractivity contribution in [2.45, 2.75) is 62.3 Å². The summed E-state index contributed by atoms with van der Waals surface area (Å²) in [6, 6.07) is 9.43. The molecule has 0 spiro atoms. The van der Waals surface area contributed by atoms with Crippen molar-refractivity contribution >= 4 is 11.8 Å². The second-order valence-electron chi connectivity index (χ2n) is 10.6. The van der Waals surface area contributed by atoms with Gasteiger partial charge in [0.25, 0.3) is 0 Å². The van der Waals surface area contributed by atoms with Gasteiger partial charge >= 0.3 is 6.18 Å². The van der Waals surface area contributed by atoms with Gasteiger partial charge in [0.15, 0.2) is 0 Å². The van der Waals surface area contributed by atoms with Crippen molar-refractivity contribution in [2.24, 2.45) is 5.92 Å². The summed E-state index contributed by atoms with van der Waals surface area (Å²) in [4.78, 5) is 28.5. The minimum absolute atomic E-state index is 0.210. The van der Waals surface area contributed by atoms with E-state index in [1.165, 1.54) is 24.3 Å². The summed E-state index contributed by atoms with van der Waals surface area (Å²) in [5.74, 6) is -2.19. The lowest BCUT2D eigenvalue weighted by molar-refractivity contribution is -0.228. The van der Waals surface area contributed by atoms with Gasteiger partial charge in [0, 0.05) is 42.1 Å². The van der Waals surface area contributed by atoms with Crippen LogP contribution in [0, 0.1) is 11.7 Å². The number of amides is 2. The van der Waals surface area contributed by atoms with Crippen LogP contribution in [-0.2, 0) is 33.5 Å². The molecule has 2 heterocycles. The maximum absolute atomic E-state index is 14.9. The molecule has 2 aromatic carbocycles. The van der Waals surface area contributed by atoms with E-state index in [1.807, 2.05) is 0 Å². The van der Waals surface area contributed by atoms with E-state index in [-0.39, 0.29) is 24.9 Å². The summed E-state index contributed by atoms with van der Waals surface area (Å²) in [6.45, 7) is -2.06. The number of hydrogen-bond acceptors (Lipinski definition) is 2. The maximum Gasteiger partial charge on any atom is 0.426 e. The van der Waals surface area contributed by atoms with Gasteiger partial charge in [-0.25, -0.2) is 8.78 Å². The highest BCUT2D eigenvalue weighted by Gasteiger charge is 2.56. The van der Waals surface area contributed by atoms with E-state index in [9.17, 15) is 31.5 Å². The average Bonchev–Trinajstić information content (AvgIpc) is 3.45. The van der Waals surface area contributed by atoms with Crippen molar-refractivity contribution < 1.29 is 35.7 Å². The van der Waals surface area contributed by atoms with Gasteiger partial charge in [0.05, 0.1) is 5.92 Å². The number of rotatable bonds is 4. The molecule has 2 saturated heterocycles. The third-order valence-electron chi connectivity index (χ3n) is 8.41. The van der Waals surface area contributed by atoms with E-state index in [2.05, 4.69) is 0 Å². The zero-order valence-electron chi connectivity index (χ0n) is 23.2. The van der Waals surface area contributed by atoms with Gasteiger partial charge in [-0.15, -0.1) is 0 Å². The highest BCUT2D eigenvalue weighted by Crippen LogP contribution is 2.51. The Morgan fingerprint density at radius 2 is 1.89 bits per heavy atom. The summed E-state index contributed by atoms with van der Waals surface area (Å²) in [5.41, 5.74) is -2.71. The van der Waals surface area contributed by atoms with Crippen molar-refractivity contribution in [2.75, 3.05) is 20.1 Å². The summed E-state index contributed by atoms with van der Waals surface area (Å²) in [6.07, 6.45) is -3.79. The third kappa shape index (κ3) is 4.20. The Morgan fingerprint density at radius 1 is 1.16 bits per heavy atom. The fourth-order valence-electron chi connectivity index (χ4n) is 6.36. The maximum atomic E-state index is 14.9. The number of halogens is 5. The standard InChI is InChI=1S/C28H29F5N2O2/c1-26(30,28(31,32)33)20-6-9-22-18(13-20)5-10-23-27(22,15-17-3-7-21(29)8-4-17)11-12-35(23)25(37)19-14-24(36)34(2)16-19/h3-4,6-9,13,19,23H,5,10-12,14-16H2,1-2H3/t19?,23-,26?,27-/m1/s1/i2D3. The Labute approximate surface area is 216 Å². The number of carbonyl (C=O) groups is 2. The number of benzene rings is 2. The molecular weight excluding hydrogens is 491 g/mol. The van der Waals surface area contributed by atoms with Crippen LogP contribution < -0.4 is 0 Å². The van der Waals surface area contributed by atoms with Crippen LogP contribution in [-0.4, -0.2) is 53.9 Å². The number of alkyl halides is 4. The van der Waals surface area contributed by atoms with E-state index in [1.54, 1.807) is 17.0 Å². The van der Waals surface area contributed by atoms with Crippen molar-refractivity contribution in [1.82, 2.24) is 9.80 Å². The van der Waals surface area contributed by atoms with Crippen LogP contribution in [0.4, 0.5) is 22.0 Å². The second-order valence-corrected chi connectivity index (χ2v) is 10.6. The van der Waals surface area contributed by atoms with Crippen LogP contribution in [0.5, 0.6) is 0 Å². The van der Waals surface area contributed by atoms with E-state index in [4.69, 9.17) is 4.11 Å². The second kappa shape index (κ2) is 8.81. The number of nitrogens with zero attached hydrogens (tertiary/aromatic N) is 2. The summed E-state index contributed by atoms with van der Waals surface area (Å²) >= 11 is 0.